The van der Waals surface area contributed by atoms with Gasteiger partial charge in [0.25, 0.3) is 0 Å². The third kappa shape index (κ3) is 4.35. The Hall–Kier alpha value is -1.80. The molecule has 1 fully saturated rings. The topological polar surface area (TPSA) is 21.3 Å². The van der Waals surface area contributed by atoms with Crippen molar-refractivity contribution in [3.8, 4) is 5.75 Å². The van der Waals surface area contributed by atoms with E-state index in [4.69, 9.17) is 4.74 Å². The first-order valence-corrected chi connectivity index (χ1v) is 8.41. The number of hydrogen-bond donors (Lipinski definition) is 1. The summed E-state index contributed by atoms with van der Waals surface area (Å²) in [6.07, 6.45) is 6.51. The molecule has 1 N–H and O–H groups in total. The van der Waals surface area contributed by atoms with Crippen molar-refractivity contribution in [1.82, 2.24) is 5.32 Å². The van der Waals surface area contributed by atoms with Crippen LogP contribution in [0.4, 0.5) is 0 Å². The predicted molar refractivity (Wildman–Crippen MR) is 91.2 cm³/mol. The van der Waals surface area contributed by atoms with Gasteiger partial charge in [0.1, 0.15) is 5.75 Å². The highest BCUT2D eigenvalue weighted by Crippen LogP contribution is 2.26. The van der Waals surface area contributed by atoms with Gasteiger partial charge < -0.3 is 10.1 Å². The van der Waals surface area contributed by atoms with Crippen LogP contribution in [-0.2, 0) is 13.0 Å². The first-order valence-electron chi connectivity index (χ1n) is 8.41. The molecular weight excluding hydrogens is 270 g/mol. The molecule has 116 valence electrons. The summed E-state index contributed by atoms with van der Waals surface area (Å²) in [6, 6.07) is 19.0. The Morgan fingerprint density at radius 1 is 0.909 bits per heavy atom. The van der Waals surface area contributed by atoms with Gasteiger partial charge in [0.2, 0.25) is 0 Å². The Balaban J connectivity index is 1.49. The molecule has 1 aliphatic rings. The molecule has 0 aromatic heterocycles. The Labute approximate surface area is 133 Å². The van der Waals surface area contributed by atoms with E-state index in [0.29, 0.717) is 6.10 Å². The maximum Gasteiger partial charge on any atom is 0.124 e. The number of nitrogens with one attached hydrogen (secondary N) is 1. The molecule has 2 heteroatoms. The fourth-order valence-corrected chi connectivity index (χ4v) is 3.05. The fraction of sp³-hybridized carbons (Fsp3) is 0.400. The zero-order valence-corrected chi connectivity index (χ0v) is 13.1. The second kappa shape index (κ2) is 8.00. The van der Waals surface area contributed by atoms with Crippen LogP contribution in [0, 0.1) is 0 Å². The molecule has 0 saturated heterocycles. The van der Waals surface area contributed by atoms with Crippen molar-refractivity contribution in [1.29, 1.82) is 0 Å². The molecule has 2 nitrogen and oxygen atoms in total. The van der Waals surface area contributed by atoms with Crippen LogP contribution in [0.1, 0.15) is 36.8 Å². The Kier molecular flexibility index (Phi) is 5.49. The number of benzene rings is 2. The average Bonchev–Trinajstić information content (AvgIpc) is 3.07. The van der Waals surface area contributed by atoms with E-state index in [-0.39, 0.29) is 0 Å². The molecule has 2 aromatic rings. The van der Waals surface area contributed by atoms with Gasteiger partial charge in [0.15, 0.2) is 0 Å². The van der Waals surface area contributed by atoms with E-state index in [1.54, 1.807) is 0 Å². The molecule has 22 heavy (non-hydrogen) atoms. The van der Waals surface area contributed by atoms with Crippen molar-refractivity contribution in [2.45, 2.75) is 44.8 Å². The zero-order chi connectivity index (χ0) is 15.0. The second-order valence-corrected chi connectivity index (χ2v) is 6.04. The zero-order valence-electron chi connectivity index (χ0n) is 13.1. The minimum atomic E-state index is 0.422. The smallest absolute Gasteiger partial charge is 0.124 e. The quantitative estimate of drug-likeness (QED) is 0.767. The summed E-state index contributed by atoms with van der Waals surface area (Å²) in [6.45, 7) is 1.86. The van der Waals surface area contributed by atoms with E-state index < -0.39 is 0 Å². The van der Waals surface area contributed by atoms with Crippen LogP contribution in [0.3, 0.4) is 0 Å². The Bertz CT molecular complexity index is 561. The van der Waals surface area contributed by atoms with Gasteiger partial charge in [-0.15, -0.1) is 0 Å². The number of hydrogen-bond acceptors (Lipinski definition) is 2. The van der Waals surface area contributed by atoms with Crippen LogP contribution >= 0.6 is 0 Å². The SMILES string of the molecule is c1ccc(CCNCc2ccccc2OC2CCCC2)cc1. The van der Waals surface area contributed by atoms with Gasteiger partial charge in [-0.25, -0.2) is 0 Å². The van der Waals surface area contributed by atoms with Crippen molar-refractivity contribution in [2.24, 2.45) is 0 Å². The molecule has 0 bridgehead atoms. The van der Waals surface area contributed by atoms with Crippen molar-refractivity contribution in [3.05, 3.63) is 65.7 Å². The third-order valence-electron chi connectivity index (χ3n) is 4.32. The van der Waals surface area contributed by atoms with E-state index in [2.05, 4.69) is 59.9 Å². The van der Waals surface area contributed by atoms with Gasteiger partial charge in [-0.3, -0.25) is 0 Å². The highest BCUT2D eigenvalue weighted by molar-refractivity contribution is 5.33. The van der Waals surface area contributed by atoms with Crippen molar-refractivity contribution in [2.75, 3.05) is 6.54 Å². The lowest BCUT2D eigenvalue weighted by Crippen LogP contribution is -2.18. The molecule has 0 heterocycles. The van der Waals surface area contributed by atoms with E-state index >= 15 is 0 Å². The number of para-hydroxylation sites is 1. The van der Waals surface area contributed by atoms with Gasteiger partial charge in [0, 0.05) is 12.1 Å². The van der Waals surface area contributed by atoms with Crippen molar-refractivity contribution >= 4 is 0 Å². The molecule has 1 saturated carbocycles. The van der Waals surface area contributed by atoms with Gasteiger partial charge in [-0.2, -0.15) is 0 Å². The molecule has 0 aliphatic heterocycles. The number of ether oxygens (including phenoxy) is 1. The van der Waals surface area contributed by atoms with Crippen LogP contribution in [-0.4, -0.2) is 12.6 Å². The molecule has 0 radical (unpaired) electrons. The normalized spacial score (nSPS) is 15.1. The fourth-order valence-electron chi connectivity index (χ4n) is 3.05. The third-order valence-corrected chi connectivity index (χ3v) is 4.32. The van der Waals surface area contributed by atoms with E-state index in [1.165, 1.54) is 36.8 Å². The van der Waals surface area contributed by atoms with Crippen LogP contribution < -0.4 is 10.1 Å². The van der Waals surface area contributed by atoms with Gasteiger partial charge in [-0.1, -0.05) is 48.5 Å². The molecule has 0 amide bonds. The highest BCUT2D eigenvalue weighted by Gasteiger charge is 2.17. The summed E-state index contributed by atoms with van der Waals surface area (Å²) in [7, 11) is 0. The molecule has 3 rings (SSSR count). The molecular formula is C20H25NO. The van der Waals surface area contributed by atoms with Crippen LogP contribution in [0.5, 0.6) is 5.75 Å². The maximum atomic E-state index is 6.18. The average molecular weight is 295 g/mol. The molecule has 2 aromatic carbocycles. The monoisotopic (exact) mass is 295 g/mol. The van der Waals surface area contributed by atoms with Crippen LogP contribution in [0.15, 0.2) is 54.6 Å². The Morgan fingerprint density at radius 3 is 2.45 bits per heavy atom. The van der Waals surface area contributed by atoms with E-state index in [9.17, 15) is 0 Å². The summed E-state index contributed by atoms with van der Waals surface area (Å²) >= 11 is 0. The first kappa shape index (κ1) is 15.1. The summed E-state index contributed by atoms with van der Waals surface area (Å²) < 4.78 is 6.18. The van der Waals surface area contributed by atoms with E-state index in [0.717, 1.165) is 25.3 Å². The lowest BCUT2D eigenvalue weighted by Gasteiger charge is -2.16. The van der Waals surface area contributed by atoms with E-state index in [1.807, 2.05) is 0 Å². The van der Waals surface area contributed by atoms with Gasteiger partial charge in [-0.05, 0) is 50.3 Å². The lowest BCUT2D eigenvalue weighted by atomic mass is 10.1. The second-order valence-electron chi connectivity index (χ2n) is 6.04. The lowest BCUT2D eigenvalue weighted by molar-refractivity contribution is 0.207. The predicted octanol–water partition coefficient (Wildman–Crippen LogP) is 4.34. The largest absolute Gasteiger partial charge is 0.490 e. The molecule has 0 unspecified atom stereocenters. The summed E-state index contributed by atoms with van der Waals surface area (Å²) in [4.78, 5) is 0. The minimum absolute atomic E-state index is 0.422. The Morgan fingerprint density at radius 2 is 1.64 bits per heavy atom. The molecule has 0 spiro atoms. The molecule has 1 aliphatic carbocycles. The van der Waals surface area contributed by atoms with Crippen molar-refractivity contribution < 1.29 is 4.74 Å². The van der Waals surface area contributed by atoms with Crippen LogP contribution in [0.2, 0.25) is 0 Å². The summed E-state index contributed by atoms with van der Waals surface area (Å²) in [5.74, 6) is 1.06. The van der Waals surface area contributed by atoms with Crippen LogP contribution in [0.25, 0.3) is 0 Å². The van der Waals surface area contributed by atoms with Gasteiger partial charge in [0.05, 0.1) is 6.10 Å². The van der Waals surface area contributed by atoms with Gasteiger partial charge >= 0.3 is 0 Å². The highest BCUT2D eigenvalue weighted by atomic mass is 16.5. The first-order chi connectivity index (χ1) is 10.9. The summed E-state index contributed by atoms with van der Waals surface area (Å²) in [5.41, 5.74) is 2.65. The minimum Gasteiger partial charge on any atom is -0.490 e. The standard InChI is InChI=1S/C20H25NO/c1-2-8-17(9-3-1)14-15-21-16-18-10-4-7-13-20(18)22-19-11-5-6-12-19/h1-4,7-10,13,19,21H,5-6,11-12,14-16H2. The van der Waals surface area contributed by atoms with Crippen molar-refractivity contribution in [3.63, 3.8) is 0 Å². The number of rotatable bonds is 7. The maximum absolute atomic E-state index is 6.18. The summed E-state index contributed by atoms with van der Waals surface area (Å²) in [5, 5.41) is 3.54. The molecule has 0 atom stereocenters.